The van der Waals surface area contributed by atoms with Gasteiger partial charge in [-0.1, -0.05) is 11.6 Å². The number of ketones is 1. The van der Waals surface area contributed by atoms with Crippen molar-refractivity contribution in [1.29, 1.82) is 0 Å². The number of benzene rings is 1. The Labute approximate surface area is 100 Å². The molecule has 4 heteroatoms. The van der Waals surface area contributed by atoms with Gasteiger partial charge in [-0.05, 0) is 41.1 Å². The molecule has 0 spiro atoms. The molecule has 0 aliphatic heterocycles. The largest absolute Gasteiger partial charge is 0.457 e. The minimum Gasteiger partial charge on any atom is -0.457 e. The zero-order chi connectivity index (χ0) is 11.7. The van der Waals surface area contributed by atoms with Crippen LogP contribution in [0.5, 0.6) is 0 Å². The van der Waals surface area contributed by atoms with Crippen LogP contribution >= 0.6 is 15.9 Å². The van der Waals surface area contributed by atoms with Crippen LogP contribution in [-0.4, -0.2) is 5.78 Å². The molecule has 2 nitrogen and oxygen atoms in total. The molecule has 0 atom stereocenters. The Morgan fingerprint density at radius 3 is 2.69 bits per heavy atom. The van der Waals surface area contributed by atoms with Crippen molar-refractivity contribution in [3.05, 3.63) is 57.7 Å². The number of carbonyl (C=O) groups excluding carboxylic acids is 1. The van der Waals surface area contributed by atoms with Gasteiger partial charge in [0.15, 0.2) is 10.5 Å². The minimum atomic E-state index is -0.524. The third kappa shape index (κ3) is 1.93. The molecule has 2 rings (SSSR count). The first kappa shape index (κ1) is 11.1. The first-order chi connectivity index (χ1) is 7.59. The normalized spacial score (nSPS) is 10.4. The van der Waals surface area contributed by atoms with Gasteiger partial charge in [0, 0.05) is 0 Å². The van der Waals surface area contributed by atoms with Crippen LogP contribution in [0.1, 0.15) is 21.5 Å². The predicted molar refractivity (Wildman–Crippen MR) is 61.0 cm³/mol. The molecule has 0 saturated heterocycles. The van der Waals surface area contributed by atoms with Crippen LogP contribution in [0.15, 0.2) is 39.6 Å². The fourth-order valence-corrected chi connectivity index (χ4v) is 1.83. The second kappa shape index (κ2) is 4.22. The van der Waals surface area contributed by atoms with E-state index in [1.807, 2.05) is 0 Å². The van der Waals surface area contributed by atoms with Gasteiger partial charge in [-0.2, -0.15) is 0 Å². The van der Waals surface area contributed by atoms with Crippen molar-refractivity contribution in [1.82, 2.24) is 0 Å². The Balaban J connectivity index is 2.49. The fraction of sp³-hybridized carbons (Fsp3) is 0.0833. The standard InChI is InChI=1S/C12H8BrFO2/c1-7-2-3-10(14)9(6-7)11(15)8-4-5-16-12(8)13/h2-6H,1H3. The molecule has 0 saturated carbocycles. The highest BCUT2D eigenvalue weighted by atomic mass is 79.9. The second-order valence-corrected chi connectivity index (χ2v) is 4.14. The number of hydrogen-bond donors (Lipinski definition) is 0. The molecule has 1 aromatic heterocycles. The fourth-order valence-electron chi connectivity index (χ4n) is 1.41. The maximum Gasteiger partial charge on any atom is 0.200 e. The van der Waals surface area contributed by atoms with E-state index in [1.165, 1.54) is 24.5 Å². The highest BCUT2D eigenvalue weighted by Gasteiger charge is 2.18. The van der Waals surface area contributed by atoms with Crippen molar-refractivity contribution in [2.24, 2.45) is 0 Å². The van der Waals surface area contributed by atoms with Crippen molar-refractivity contribution in [2.75, 3.05) is 0 Å². The van der Waals surface area contributed by atoms with Crippen LogP contribution in [0.3, 0.4) is 0 Å². The molecule has 1 heterocycles. The van der Waals surface area contributed by atoms with E-state index in [0.717, 1.165) is 5.56 Å². The molecule has 0 aliphatic rings. The molecule has 0 N–H and O–H groups in total. The van der Waals surface area contributed by atoms with Crippen LogP contribution < -0.4 is 0 Å². The van der Waals surface area contributed by atoms with Gasteiger partial charge in [0.2, 0.25) is 0 Å². The lowest BCUT2D eigenvalue weighted by molar-refractivity contribution is 0.103. The number of halogens is 2. The van der Waals surface area contributed by atoms with Gasteiger partial charge in [0.1, 0.15) is 5.82 Å². The molecule has 0 radical (unpaired) electrons. The Bertz CT molecular complexity index is 546. The van der Waals surface area contributed by atoms with E-state index in [4.69, 9.17) is 4.42 Å². The highest BCUT2D eigenvalue weighted by Crippen LogP contribution is 2.22. The summed E-state index contributed by atoms with van der Waals surface area (Å²) in [4.78, 5) is 12.0. The third-order valence-electron chi connectivity index (χ3n) is 2.23. The highest BCUT2D eigenvalue weighted by molar-refractivity contribution is 9.10. The number of rotatable bonds is 2. The molecule has 1 aromatic carbocycles. The van der Waals surface area contributed by atoms with Crippen molar-refractivity contribution in [3.63, 3.8) is 0 Å². The summed E-state index contributed by atoms with van der Waals surface area (Å²) in [5.41, 5.74) is 1.22. The summed E-state index contributed by atoms with van der Waals surface area (Å²) in [6.07, 6.45) is 1.38. The number of hydrogen-bond acceptors (Lipinski definition) is 2. The summed E-state index contributed by atoms with van der Waals surface area (Å²) in [7, 11) is 0. The lowest BCUT2D eigenvalue weighted by Gasteiger charge is -2.02. The zero-order valence-electron chi connectivity index (χ0n) is 8.46. The van der Waals surface area contributed by atoms with Gasteiger partial charge in [0.05, 0.1) is 17.4 Å². The first-order valence-corrected chi connectivity index (χ1v) is 5.42. The average molecular weight is 283 g/mol. The molecule has 16 heavy (non-hydrogen) atoms. The lowest BCUT2D eigenvalue weighted by Crippen LogP contribution is -2.04. The van der Waals surface area contributed by atoms with E-state index < -0.39 is 5.82 Å². The average Bonchev–Trinajstić information content (AvgIpc) is 2.67. The Morgan fingerprint density at radius 1 is 1.31 bits per heavy atom. The molecular formula is C12H8BrFO2. The molecule has 0 unspecified atom stereocenters. The van der Waals surface area contributed by atoms with E-state index in [0.29, 0.717) is 10.2 Å². The number of aryl methyl sites for hydroxylation is 1. The SMILES string of the molecule is Cc1ccc(F)c(C(=O)c2ccoc2Br)c1. The van der Waals surface area contributed by atoms with Gasteiger partial charge in [-0.25, -0.2) is 4.39 Å². The van der Waals surface area contributed by atoms with E-state index >= 15 is 0 Å². The van der Waals surface area contributed by atoms with E-state index in [9.17, 15) is 9.18 Å². The van der Waals surface area contributed by atoms with Crippen molar-refractivity contribution >= 4 is 21.7 Å². The van der Waals surface area contributed by atoms with Crippen LogP contribution in [0.25, 0.3) is 0 Å². The molecule has 0 amide bonds. The predicted octanol–water partition coefficient (Wildman–Crippen LogP) is 3.72. The maximum absolute atomic E-state index is 13.5. The van der Waals surface area contributed by atoms with Crippen LogP contribution in [0.4, 0.5) is 4.39 Å². The molecule has 0 aliphatic carbocycles. The zero-order valence-corrected chi connectivity index (χ0v) is 10.0. The van der Waals surface area contributed by atoms with Crippen molar-refractivity contribution in [2.45, 2.75) is 6.92 Å². The van der Waals surface area contributed by atoms with Gasteiger partial charge in [0.25, 0.3) is 0 Å². The first-order valence-electron chi connectivity index (χ1n) is 4.63. The molecule has 0 bridgehead atoms. The lowest BCUT2D eigenvalue weighted by atomic mass is 10.0. The molecular weight excluding hydrogens is 275 g/mol. The summed E-state index contributed by atoms with van der Waals surface area (Å²) in [6.45, 7) is 1.81. The summed E-state index contributed by atoms with van der Waals surface area (Å²) < 4.78 is 18.7. The van der Waals surface area contributed by atoms with Gasteiger partial charge in [-0.15, -0.1) is 0 Å². The topological polar surface area (TPSA) is 30.2 Å². The summed E-state index contributed by atoms with van der Waals surface area (Å²) in [5.74, 6) is -0.912. The van der Waals surface area contributed by atoms with Crippen LogP contribution in [0.2, 0.25) is 0 Å². The van der Waals surface area contributed by atoms with Crippen molar-refractivity contribution < 1.29 is 13.6 Å². The van der Waals surface area contributed by atoms with Gasteiger partial charge >= 0.3 is 0 Å². The summed E-state index contributed by atoms with van der Waals surface area (Å²) >= 11 is 3.10. The monoisotopic (exact) mass is 282 g/mol. The molecule has 2 aromatic rings. The maximum atomic E-state index is 13.5. The Morgan fingerprint density at radius 2 is 2.06 bits per heavy atom. The van der Waals surface area contributed by atoms with E-state index in [1.54, 1.807) is 13.0 Å². The minimum absolute atomic E-state index is 0.0575. The number of furan rings is 1. The van der Waals surface area contributed by atoms with Gasteiger partial charge < -0.3 is 4.42 Å². The van der Waals surface area contributed by atoms with E-state index in [2.05, 4.69) is 15.9 Å². The van der Waals surface area contributed by atoms with E-state index in [-0.39, 0.29) is 11.3 Å². The summed E-state index contributed by atoms with van der Waals surface area (Å²) in [5, 5.41) is 0. The molecule has 0 fully saturated rings. The molecule has 82 valence electrons. The van der Waals surface area contributed by atoms with Gasteiger partial charge in [-0.3, -0.25) is 4.79 Å². The van der Waals surface area contributed by atoms with Crippen molar-refractivity contribution in [3.8, 4) is 0 Å². The Hall–Kier alpha value is -1.42. The van der Waals surface area contributed by atoms with Crippen LogP contribution in [0, 0.1) is 12.7 Å². The summed E-state index contributed by atoms with van der Waals surface area (Å²) in [6, 6.07) is 5.94. The number of carbonyl (C=O) groups is 1. The van der Waals surface area contributed by atoms with Crippen LogP contribution in [-0.2, 0) is 0 Å². The second-order valence-electron chi connectivity index (χ2n) is 3.42. The third-order valence-corrected chi connectivity index (χ3v) is 2.84. The smallest absolute Gasteiger partial charge is 0.200 e. The Kier molecular flexibility index (Phi) is 2.92. The quantitative estimate of drug-likeness (QED) is 0.786.